The largest absolute Gasteiger partial charge is 0.240 e. The van der Waals surface area contributed by atoms with Crippen LogP contribution in [0.3, 0.4) is 0 Å². The highest BCUT2D eigenvalue weighted by atomic mass is 15.4. The van der Waals surface area contributed by atoms with Gasteiger partial charge in [0.05, 0.1) is 0 Å². The van der Waals surface area contributed by atoms with Gasteiger partial charge in [0.2, 0.25) is 0 Å². The predicted octanol–water partition coefficient (Wildman–Crippen LogP) is 0.525. The van der Waals surface area contributed by atoms with Crippen LogP contribution in [-0.2, 0) is 0 Å². The first kappa shape index (κ1) is 5.69. The lowest BCUT2D eigenvalue weighted by Gasteiger charge is -2.29. The number of rotatable bonds is 1. The van der Waals surface area contributed by atoms with E-state index in [9.17, 15) is 0 Å². The van der Waals surface area contributed by atoms with Gasteiger partial charge in [-0.3, -0.25) is 0 Å². The maximum atomic E-state index is 4.12. The highest BCUT2D eigenvalue weighted by molar-refractivity contribution is 4.82. The van der Waals surface area contributed by atoms with Crippen molar-refractivity contribution in [3.8, 4) is 0 Å². The zero-order valence-electron chi connectivity index (χ0n) is 5.64. The number of nitrogens with one attached hydrogen (secondary N) is 1. The van der Waals surface area contributed by atoms with E-state index in [-0.39, 0.29) is 0 Å². The molecule has 2 fully saturated rings. The first-order valence-corrected chi connectivity index (χ1v) is 3.86. The highest BCUT2D eigenvalue weighted by Gasteiger charge is 2.29. The molecule has 1 aliphatic heterocycles. The van der Waals surface area contributed by atoms with E-state index in [1.807, 2.05) is 0 Å². The minimum Gasteiger partial charge on any atom is -0.240 e. The lowest BCUT2D eigenvalue weighted by molar-refractivity contribution is 0.228. The van der Waals surface area contributed by atoms with Crippen molar-refractivity contribution in [2.75, 3.05) is 13.1 Å². The van der Waals surface area contributed by atoms with E-state index >= 15 is 0 Å². The summed E-state index contributed by atoms with van der Waals surface area (Å²) in [5, 5.41) is 0. The molecule has 1 aliphatic carbocycles. The molecule has 2 heteroatoms. The molecule has 1 atom stereocenters. The van der Waals surface area contributed by atoms with Crippen LogP contribution >= 0.6 is 0 Å². The SMILES string of the molecule is C1CC(C2C[N]NC2)C1. The third-order valence-electron chi connectivity index (χ3n) is 2.61. The molecule has 1 saturated heterocycles. The van der Waals surface area contributed by atoms with Crippen LogP contribution in [0.15, 0.2) is 0 Å². The Labute approximate surface area is 56.0 Å². The summed E-state index contributed by atoms with van der Waals surface area (Å²) in [6, 6.07) is 0. The molecule has 1 heterocycles. The van der Waals surface area contributed by atoms with Gasteiger partial charge in [0.1, 0.15) is 0 Å². The van der Waals surface area contributed by atoms with E-state index in [2.05, 4.69) is 10.9 Å². The van der Waals surface area contributed by atoms with E-state index in [4.69, 9.17) is 0 Å². The van der Waals surface area contributed by atoms with Crippen LogP contribution in [0.4, 0.5) is 0 Å². The van der Waals surface area contributed by atoms with Gasteiger partial charge in [-0.15, -0.1) is 0 Å². The Morgan fingerprint density at radius 2 is 2.11 bits per heavy atom. The van der Waals surface area contributed by atoms with Crippen LogP contribution < -0.4 is 10.9 Å². The Kier molecular flexibility index (Phi) is 1.44. The Bertz CT molecular complexity index is 93.1. The second-order valence-corrected chi connectivity index (χ2v) is 3.15. The summed E-state index contributed by atoms with van der Waals surface area (Å²) in [5.74, 6) is 1.91. The fraction of sp³-hybridized carbons (Fsp3) is 1.00. The number of hydrogen-bond donors (Lipinski definition) is 1. The van der Waals surface area contributed by atoms with Gasteiger partial charge < -0.3 is 0 Å². The van der Waals surface area contributed by atoms with Crippen LogP contribution in [-0.4, -0.2) is 13.1 Å². The normalized spacial score (nSPS) is 30.7. The van der Waals surface area contributed by atoms with Crippen molar-refractivity contribution < 1.29 is 0 Å². The molecule has 51 valence electrons. The van der Waals surface area contributed by atoms with Crippen LogP contribution in [0.25, 0.3) is 0 Å². The first-order valence-electron chi connectivity index (χ1n) is 3.86. The Morgan fingerprint density at radius 1 is 1.22 bits per heavy atom. The Hall–Kier alpha value is -0.0800. The minimum absolute atomic E-state index is 0.888. The Morgan fingerprint density at radius 3 is 2.56 bits per heavy atom. The van der Waals surface area contributed by atoms with Crippen molar-refractivity contribution in [3.63, 3.8) is 0 Å². The summed E-state index contributed by atoms with van der Waals surface area (Å²) in [6.07, 6.45) is 4.38. The summed E-state index contributed by atoms with van der Waals surface area (Å²) in [4.78, 5) is 0. The first-order chi connectivity index (χ1) is 4.47. The maximum Gasteiger partial charge on any atom is 0.0347 e. The van der Waals surface area contributed by atoms with Gasteiger partial charge in [-0.1, -0.05) is 19.3 Å². The molecule has 1 unspecified atom stereocenters. The average molecular weight is 125 g/mol. The highest BCUT2D eigenvalue weighted by Crippen LogP contribution is 2.33. The third-order valence-corrected chi connectivity index (χ3v) is 2.61. The predicted molar refractivity (Wildman–Crippen MR) is 35.8 cm³/mol. The van der Waals surface area contributed by atoms with E-state index < -0.39 is 0 Å². The molecular weight excluding hydrogens is 112 g/mol. The molecule has 1 N–H and O–H groups in total. The molecule has 9 heavy (non-hydrogen) atoms. The third kappa shape index (κ3) is 0.970. The standard InChI is InChI=1S/C7H13N2/c1-2-6(3-1)7-4-8-9-5-7/h6-8H,1-5H2. The van der Waals surface area contributed by atoms with E-state index in [1.54, 1.807) is 0 Å². The van der Waals surface area contributed by atoms with Gasteiger partial charge in [-0.05, 0) is 11.8 Å². The van der Waals surface area contributed by atoms with Crippen LogP contribution in [0.5, 0.6) is 0 Å². The lowest BCUT2D eigenvalue weighted by atomic mass is 9.76. The zero-order chi connectivity index (χ0) is 6.10. The van der Waals surface area contributed by atoms with Crippen molar-refractivity contribution in [2.24, 2.45) is 11.8 Å². The summed E-state index contributed by atoms with van der Waals surface area (Å²) < 4.78 is 0. The summed E-state index contributed by atoms with van der Waals surface area (Å²) >= 11 is 0. The molecule has 0 bridgehead atoms. The van der Waals surface area contributed by atoms with Gasteiger partial charge in [0, 0.05) is 13.1 Å². The summed E-state index contributed by atoms with van der Waals surface area (Å²) in [6.45, 7) is 2.22. The number of nitrogens with zero attached hydrogens (tertiary/aromatic N) is 1. The molecule has 1 saturated carbocycles. The van der Waals surface area contributed by atoms with Crippen molar-refractivity contribution in [1.29, 1.82) is 0 Å². The molecule has 0 spiro atoms. The van der Waals surface area contributed by atoms with Gasteiger partial charge in [-0.25, -0.2) is 5.43 Å². The molecule has 0 aromatic heterocycles. The van der Waals surface area contributed by atoms with Crippen LogP contribution in [0.2, 0.25) is 0 Å². The molecular formula is C7H13N2. The summed E-state index contributed by atoms with van der Waals surface area (Å²) in [7, 11) is 0. The second-order valence-electron chi connectivity index (χ2n) is 3.15. The van der Waals surface area contributed by atoms with Gasteiger partial charge in [0.25, 0.3) is 0 Å². The molecule has 0 aromatic carbocycles. The van der Waals surface area contributed by atoms with E-state index in [1.165, 1.54) is 19.3 Å². The van der Waals surface area contributed by atoms with Crippen molar-refractivity contribution in [1.82, 2.24) is 10.9 Å². The number of hydrogen-bond acceptors (Lipinski definition) is 1. The average Bonchev–Trinajstić information content (AvgIpc) is 2.11. The van der Waals surface area contributed by atoms with Crippen LogP contribution in [0.1, 0.15) is 19.3 Å². The zero-order valence-corrected chi connectivity index (χ0v) is 5.64. The molecule has 2 rings (SSSR count). The summed E-state index contributed by atoms with van der Waals surface area (Å²) in [5.41, 5.74) is 7.16. The monoisotopic (exact) mass is 125 g/mol. The lowest BCUT2D eigenvalue weighted by Crippen LogP contribution is -2.25. The van der Waals surface area contributed by atoms with Crippen molar-refractivity contribution in [3.05, 3.63) is 0 Å². The van der Waals surface area contributed by atoms with Crippen LogP contribution in [0, 0.1) is 11.8 Å². The molecule has 0 aromatic rings. The van der Waals surface area contributed by atoms with Crippen molar-refractivity contribution in [2.45, 2.75) is 19.3 Å². The van der Waals surface area contributed by atoms with Gasteiger partial charge >= 0.3 is 0 Å². The van der Waals surface area contributed by atoms with E-state index in [0.29, 0.717) is 0 Å². The second kappa shape index (κ2) is 2.27. The molecule has 2 aliphatic rings. The molecule has 0 amide bonds. The van der Waals surface area contributed by atoms with Crippen molar-refractivity contribution >= 4 is 0 Å². The quantitative estimate of drug-likeness (QED) is 0.543. The molecule has 2 nitrogen and oxygen atoms in total. The van der Waals surface area contributed by atoms with Gasteiger partial charge in [-0.2, -0.15) is 5.43 Å². The van der Waals surface area contributed by atoms with E-state index in [0.717, 1.165) is 24.9 Å². The minimum atomic E-state index is 0.888. The topological polar surface area (TPSA) is 26.1 Å². The maximum absolute atomic E-state index is 4.12. The Balaban J connectivity index is 1.82. The fourth-order valence-electron chi connectivity index (χ4n) is 1.66. The smallest absolute Gasteiger partial charge is 0.0347 e. The molecule has 1 radical (unpaired) electrons. The fourth-order valence-corrected chi connectivity index (χ4v) is 1.66. The van der Waals surface area contributed by atoms with Gasteiger partial charge in [0.15, 0.2) is 0 Å².